The lowest BCUT2D eigenvalue weighted by molar-refractivity contribution is 0.332. The Kier molecular flexibility index (Phi) is 4.65. The van der Waals surface area contributed by atoms with Crippen molar-refractivity contribution in [2.75, 3.05) is 31.3 Å². The van der Waals surface area contributed by atoms with Crippen molar-refractivity contribution in [2.24, 2.45) is 0 Å². The first-order valence-corrected chi connectivity index (χ1v) is 6.43. The summed E-state index contributed by atoms with van der Waals surface area (Å²) in [6, 6.07) is 11.5. The fourth-order valence-corrected chi connectivity index (χ4v) is 1.77. The number of anilines is 2. The summed E-state index contributed by atoms with van der Waals surface area (Å²) >= 11 is 0. The van der Waals surface area contributed by atoms with E-state index in [4.69, 9.17) is 15.2 Å². The number of hydrogen-bond donors (Lipinski definition) is 2. The first-order chi connectivity index (χ1) is 9.69. The zero-order valence-electron chi connectivity index (χ0n) is 11.7. The van der Waals surface area contributed by atoms with Crippen LogP contribution in [0.2, 0.25) is 0 Å². The van der Waals surface area contributed by atoms with Gasteiger partial charge in [-0.15, -0.1) is 0 Å². The van der Waals surface area contributed by atoms with Crippen molar-refractivity contribution in [1.29, 1.82) is 0 Å². The average Bonchev–Trinajstić information content (AvgIpc) is 2.45. The number of aromatic nitrogens is 1. The van der Waals surface area contributed by atoms with Crippen molar-refractivity contribution in [3.8, 4) is 11.6 Å². The van der Waals surface area contributed by atoms with Gasteiger partial charge in [0.1, 0.15) is 18.2 Å². The summed E-state index contributed by atoms with van der Waals surface area (Å²) in [6.07, 6.45) is 0. The molecule has 3 N–H and O–H groups in total. The highest BCUT2D eigenvalue weighted by molar-refractivity contribution is 5.53. The first kappa shape index (κ1) is 14.0. The van der Waals surface area contributed by atoms with Gasteiger partial charge in [-0.05, 0) is 36.8 Å². The van der Waals surface area contributed by atoms with Gasteiger partial charge in [0, 0.05) is 0 Å². The van der Waals surface area contributed by atoms with Gasteiger partial charge in [-0.2, -0.15) is 4.98 Å². The monoisotopic (exact) mass is 273 g/mol. The molecule has 1 aromatic heterocycles. The van der Waals surface area contributed by atoms with Gasteiger partial charge in [-0.25, -0.2) is 0 Å². The van der Waals surface area contributed by atoms with Gasteiger partial charge in [0.15, 0.2) is 0 Å². The number of aryl methyl sites for hydroxylation is 1. The van der Waals surface area contributed by atoms with Crippen molar-refractivity contribution >= 4 is 11.5 Å². The van der Waals surface area contributed by atoms with E-state index in [0.717, 1.165) is 5.75 Å². The second-order valence-corrected chi connectivity index (χ2v) is 4.39. The maximum absolute atomic E-state index is 5.70. The smallest absolute Gasteiger partial charge is 0.238 e. The largest absolute Gasteiger partial charge is 0.492 e. The molecule has 0 spiro atoms. The van der Waals surface area contributed by atoms with E-state index in [2.05, 4.69) is 10.3 Å². The summed E-state index contributed by atoms with van der Waals surface area (Å²) in [4.78, 5) is 4.24. The van der Waals surface area contributed by atoms with E-state index in [0.29, 0.717) is 30.5 Å². The summed E-state index contributed by atoms with van der Waals surface area (Å²) < 4.78 is 10.7. The van der Waals surface area contributed by atoms with E-state index in [-0.39, 0.29) is 0 Å². The standard InChI is InChI=1S/C15H19N3O2/c1-11-4-3-5-12(10-11)20-9-8-17-14-7-6-13(16)15(18-14)19-2/h3-7,10H,8-9,16H2,1-2H3,(H,17,18). The minimum atomic E-state index is 0.426. The minimum Gasteiger partial charge on any atom is -0.492 e. The highest BCUT2D eigenvalue weighted by Gasteiger charge is 2.02. The van der Waals surface area contributed by atoms with E-state index >= 15 is 0 Å². The molecule has 2 aromatic rings. The van der Waals surface area contributed by atoms with Crippen LogP contribution in [-0.2, 0) is 0 Å². The number of pyridine rings is 1. The Morgan fingerprint density at radius 1 is 1.25 bits per heavy atom. The van der Waals surface area contributed by atoms with Crippen LogP contribution in [0.3, 0.4) is 0 Å². The van der Waals surface area contributed by atoms with Crippen LogP contribution in [0.25, 0.3) is 0 Å². The number of ether oxygens (including phenoxy) is 2. The fraction of sp³-hybridized carbons (Fsp3) is 0.267. The molecule has 0 atom stereocenters. The van der Waals surface area contributed by atoms with E-state index in [9.17, 15) is 0 Å². The molecule has 2 rings (SSSR count). The third kappa shape index (κ3) is 3.78. The molecular formula is C15H19N3O2. The van der Waals surface area contributed by atoms with E-state index in [1.54, 1.807) is 13.2 Å². The lowest BCUT2D eigenvalue weighted by Crippen LogP contribution is -2.12. The quantitative estimate of drug-likeness (QED) is 0.791. The molecule has 0 fully saturated rings. The SMILES string of the molecule is COc1nc(NCCOc2cccc(C)c2)ccc1N. The number of benzene rings is 1. The molecule has 20 heavy (non-hydrogen) atoms. The molecule has 0 aliphatic heterocycles. The van der Waals surface area contributed by atoms with Crippen LogP contribution in [0.4, 0.5) is 11.5 Å². The molecule has 5 nitrogen and oxygen atoms in total. The van der Waals surface area contributed by atoms with Crippen LogP contribution in [0, 0.1) is 6.92 Å². The molecular weight excluding hydrogens is 254 g/mol. The number of nitrogens with one attached hydrogen (secondary N) is 1. The summed E-state index contributed by atoms with van der Waals surface area (Å²) in [6.45, 7) is 3.24. The van der Waals surface area contributed by atoms with Crippen molar-refractivity contribution in [3.05, 3.63) is 42.0 Å². The number of nitrogen functional groups attached to an aromatic ring is 1. The van der Waals surface area contributed by atoms with Crippen LogP contribution in [0.1, 0.15) is 5.56 Å². The van der Waals surface area contributed by atoms with Gasteiger partial charge in [0.05, 0.1) is 19.3 Å². The van der Waals surface area contributed by atoms with Crippen molar-refractivity contribution in [1.82, 2.24) is 4.98 Å². The molecule has 1 aromatic carbocycles. The summed E-state index contributed by atoms with van der Waals surface area (Å²) in [7, 11) is 1.54. The Balaban J connectivity index is 1.81. The van der Waals surface area contributed by atoms with E-state index < -0.39 is 0 Å². The molecule has 0 saturated heterocycles. The molecule has 0 radical (unpaired) electrons. The Hall–Kier alpha value is -2.43. The molecule has 106 valence electrons. The predicted octanol–water partition coefficient (Wildman–Crippen LogP) is 2.47. The zero-order chi connectivity index (χ0) is 14.4. The number of rotatable bonds is 6. The van der Waals surface area contributed by atoms with Gasteiger partial charge >= 0.3 is 0 Å². The van der Waals surface area contributed by atoms with Crippen LogP contribution >= 0.6 is 0 Å². The minimum absolute atomic E-state index is 0.426. The molecule has 0 saturated carbocycles. The fourth-order valence-electron chi connectivity index (χ4n) is 1.77. The Morgan fingerprint density at radius 3 is 2.85 bits per heavy atom. The molecule has 0 aliphatic carbocycles. The van der Waals surface area contributed by atoms with Crippen LogP contribution in [0.5, 0.6) is 11.6 Å². The summed E-state index contributed by atoms with van der Waals surface area (Å²) in [5.74, 6) is 2.01. The molecule has 0 unspecified atom stereocenters. The molecule has 1 heterocycles. The summed E-state index contributed by atoms with van der Waals surface area (Å²) in [5.41, 5.74) is 7.41. The lowest BCUT2D eigenvalue weighted by atomic mass is 10.2. The second kappa shape index (κ2) is 6.65. The Bertz CT molecular complexity index is 573. The lowest BCUT2D eigenvalue weighted by Gasteiger charge is -2.10. The van der Waals surface area contributed by atoms with Gasteiger partial charge < -0.3 is 20.5 Å². The molecule has 0 aliphatic rings. The molecule has 5 heteroatoms. The van der Waals surface area contributed by atoms with Crippen LogP contribution in [0.15, 0.2) is 36.4 Å². The number of methoxy groups -OCH3 is 1. The normalized spacial score (nSPS) is 10.1. The van der Waals surface area contributed by atoms with Crippen LogP contribution in [-0.4, -0.2) is 25.2 Å². The zero-order valence-corrected chi connectivity index (χ0v) is 11.7. The average molecular weight is 273 g/mol. The Morgan fingerprint density at radius 2 is 2.10 bits per heavy atom. The van der Waals surface area contributed by atoms with Gasteiger partial charge in [-0.3, -0.25) is 0 Å². The Labute approximate surface area is 118 Å². The predicted molar refractivity (Wildman–Crippen MR) is 80.4 cm³/mol. The van der Waals surface area contributed by atoms with Gasteiger partial charge in [0.25, 0.3) is 0 Å². The van der Waals surface area contributed by atoms with Crippen molar-refractivity contribution < 1.29 is 9.47 Å². The summed E-state index contributed by atoms with van der Waals surface area (Å²) in [5, 5.41) is 3.16. The third-order valence-corrected chi connectivity index (χ3v) is 2.75. The number of hydrogen-bond acceptors (Lipinski definition) is 5. The maximum Gasteiger partial charge on any atom is 0.238 e. The molecule has 0 amide bonds. The van der Waals surface area contributed by atoms with E-state index in [1.807, 2.05) is 37.3 Å². The highest BCUT2D eigenvalue weighted by Crippen LogP contribution is 2.20. The maximum atomic E-state index is 5.70. The van der Waals surface area contributed by atoms with Gasteiger partial charge in [-0.1, -0.05) is 12.1 Å². The highest BCUT2D eigenvalue weighted by atomic mass is 16.5. The van der Waals surface area contributed by atoms with E-state index in [1.165, 1.54) is 5.56 Å². The number of nitrogens with zero attached hydrogens (tertiary/aromatic N) is 1. The third-order valence-electron chi connectivity index (χ3n) is 2.75. The second-order valence-electron chi connectivity index (χ2n) is 4.39. The van der Waals surface area contributed by atoms with Crippen molar-refractivity contribution in [3.63, 3.8) is 0 Å². The van der Waals surface area contributed by atoms with Crippen LogP contribution < -0.4 is 20.5 Å². The van der Waals surface area contributed by atoms with Gasteiger partial charge in [0.2, 0.25) is 5.88 Å². The topological polar surface area (TPSA) is 69.4 Å². The van der Waals surface area contributed by atoms with Crippen molar-refractivity contribution in [2.45, 2.75) is 6.92 Å². The number of nitrogens with two attached hydrogens (primary N) is 1. The first-order valence-electron chi connectivity index (χ1n) is 6.43. The molecule has 0 bridgehead atoms.